The number of nitrogens with two attached hydrogens (primary N) is 1. The second-order valence-corrected chi connectivity index (χ2v) is 10.7. The van der Waals surface area contributed by atoms with Crippen molar-refractivity contribution < 1.29 is 14.3 Å². The lowest BCUT2D eigenvalue weighted by Gasteiger charge is -2.28. The average molecular weight is 540 g/mol. The first-order valence-electron chi connectivity index (χ1n) is 12.9. The van der Waals surface area contributed by atoms with Gasteiger partial charge in [-0.05, 0) is 64.3 Å². The van der Waals surface area contributed by atoms with Gasteiger partial charge in [0, 0.05) is 18.2 Å². The molecule has 1 fully saturated rings. The third kappa shape index (κ3) is 4.56. The van der Waals surface area contributed by atoms with Crippen LogP contribution >= 0.6 is 11.6 Å². The van der Waals surface area contributed by atoms with Crippen molar-refractivity contribution >= 4 is 46.6 Å². The Morgan fingerprint density at radius 1 is 1.29 bits per heavy atom. The average Bonchev–Trinajstić information content (AvgIpc) is 3.45. The zero-order chi connectivity index (χ0) is 27.1. The number of methoxy groups -OCH3 is 1. The Labute approximate surface area is 227 Å². The van der Waals surface area contributed by atoms with Crippen LogP contribution in [0.2, 0.25) is 5.02 Å². The van der Waals surface area contributed by atoms with Crippen molar-refractivity contribution in [2.24, 2.45) is 23.5 Å². The van der Waals surface area contributed by atoms with Crippen molar-refractivity contribution in [2.75, 3.05) is 43.3 Å². The van der Waals surface area contributed by atoms with Gasteiger partial charge in [0.05, 0.1) is 36.6 Å². The third-order valence-electron chi connectivity index (χ3n) is 7.97. The van der Waals surface area contributed by atoms with Gasteiger partial charge in [-0.1, -0.05) is 23.8 Å². The van der Waals surface area contributed by atoms with Crippen molar-refractivity contribution in [3.63, 3.8) is 0 Å². The van der Waals surface area contributed by atoms with Crippen LogP contribution in [0.15, 0.2) is 30.5 Å². The van der Waals surface area contributed by atoms with Crippen LogP contribution in [0.1, 0.15) is 25.3 Å². The number of nitrogens with zero attached hydrogens (tertiary/aromatic N) is 4. The van der Waals surface area contributed by atoms with Crippen LogP contribution in [0.3, 0.4) is 0 Å². The normalized spacial score (nSPS) is 25.9. The number of carbonyl (C=O) groups excluding carboxylic acids is 2. The molecular formula is C27H34ClN7O3. The molecule has 2 bridgehead atoms. The number of ether oxygens (including phenoxy) is 1. The van der Waals surface area contributed by atoms with Crippen LogP contribution in [0.5, 0.6) is 5.75 Å². The predicted octanol–water partition coefficient (Wildman–Crippen LogP) is 3.20. The first kappa shape index (κ1) is 26.2. The maximum atomic E-state index is 13.2. The van der Waals surface area contributed by atoms with Gasteiger partial charge in [-0.3, -0.25) is 14.5 Å². The number of fused-ring (bicyclic) bond motifs is 3. The fourth-order valence-corrected chi connectivity index (χ4v) is 6.31. The summed E-state index contributed by atoms with van der Waals surface area (Å²) in [6, 6.07) is 3.43. The lowest BCUT2D eigenvalue weighted by Crippen LogP contribution is -2.45. The van der Waals surface area contributed by atoms with E-state index >= 15 is 0 Å². The number of hydrogen-bond acceptors (Lipinski definition) is 8. The Hall–Kier alpha value is -3.37. The van der Waals surface area contributed by atoms with Crippen molar-refractivity contribution in [3.8, 4) is 5.75 Å². The molecule has 1 aromatic carbocycles. The molecule has 1 saturated carbocycles. The molecule has 4 N–H and O–H groups in total. The lowest BCUT2D eigenvalue weighted by atomic mass is 9.88. The van der Waals surface area contributed by atoms with E-state index in [2.05, 4.69) is 32.8 Å². The maximum absolute atomic E-state index is 13.2. The highest BCUT2D eigenvalue weighted by molar-refractivity contribution is 6.32. The molecule has 3 aliphatic rings. The molecule has 0 saturated heterocycles. The molecule has 10 nitrogen and oxygen atoms in total. The van der Waals surface area contributed by atoms with Crippen molar-refractivity contribution in [2.45, 2.75) is 38.3 Å². The van der Waals surface area contributed by atoms with Gasteiger partial charge in [0.1, 0.15) is 10.8 Å². The van der Waals surface area contributed by atoms with Gasteiger partial charge in [-0.25, -0.2) is 4.98 Å². The number of benzene rings is 1. The number of amides is 2. The predicted molar refractivity (Wildman–Crippen MR) is 148 cm³/mol. The van der Waals surface area contributed by atoms with Gasteiger partial charge in [-0.2, -0.15) is 4.98 Å². The summed E-state index contributed by atoms with van der Waals surface area (Å²) >= 11 is 6.45. The molecule has 0 spiro atoms. The second-order valence-electron chi connectivity index (χ2n) is 10.3. The number of rotatable bonds is 8. The van der Waals surface area contributed by atoms with Gasteiger partial charge in [0.2, 0.25) is 17.8 Å². The minimum Gasteiger partial charge on any atom is -0.494 e. The molecule has 0 unspecified atom stereocenters. The zero-order valence-corrected chi connectivity index (χ0v) is 22.8. The van der Waals surface area contributed by atoms with E-state index in [0.717, 1.165) is 17.7 Å². The smallest absolute Gasteiger partial charge is 0.244 e. The fraction of sp³-hybridized carbons (Fsp3) is 0.481. The number of likely N-dealkylation sites (N-methyl/N-ethyl adjacent to an activating group) is 2. The lowest BCUT2D eigenvalue weighted by molar-refractivity contribution is -0.123. The van der Waals surface area contributed by atoms with Gasteiger partial charge in [0.25, 0.3) is 0 Å². The fourth-order valence-electron chi connectivity index (χ4n) is 6.17. The van der Waals surface area contributed by atoms with Crippen molar-refractivity contribution in [1.82, 2.24) is 14.9 Å². The SMILES string of the molecule is CCN1C(=O)[C@@H](N(C)C)CCc2c1ccc(Nc1ncc(Cl)c(N[C@H]3[C@@H](C(N)=O)[C@@H]4C=C[C@H]3C4)n1)c2OC. The molecule has 1 aliphatic heterocycles. The standard InChI is InChI=1S/C27H34ClN7O3/c1-5-35-19-11-9-18(23(38-4)16(19)8-10-20(26(35)37)34(2)3)31-27-30-13-17(28)25(33-27)32-22-15-7-6-14(12-15)21(22)24(29)36/h6-7,9,11,13-15,20-22H,5,8,10,12H2,1-4H3,(H2,29,36)(H2,30,31,32,33)/t14-,15+,20+,21+,22-/m1/s1. The summed E-state index contributed by atoms with van der Waals surface area (Å²) in [5, 5.41) is 6.98. The molecule has 5 rings (SSSR count). The number of aromatic nitrogens is 2. The Morgan fingerprint density at radius 3 is 2.74 bits per heavy atom. The van der Waals surface area contributed by atoms with Crippen LogP contribution in [0.25, 0.3) is 0 Å². The van der Waals surface area contributed by atoms with Crippen molar-refractivity contribution in [1.29, 1.82) is 0 Å². The maximum Gasteiger partial charge on any atom is 0.244 e. The first-order chi connectivity index (χ1) is 18.2. The van der Waals surface area contributed by atoms with E-state index < -0.39 is 0 Å². The summed E-state index contributed by atoms with van der Waals surface area (Å²) in [7, 11) is 5.48. The molecule has 2 heterocycles. The van der Waals surface area contributed by atoms with Crippen LogP contribution in [-0.4, -0.2) is 66.5 Å². The Kier molecular flexibility index (Phi) is 7.19. The number of allylic oxidation sites excluding steroid dienone is 1. The Balaban J connectivity index is 1.44. The third-order valence-corrected chi connectivity index (χ3v) is 8.25. The highest BCUT2D eigenvalue weighted by Gasteiger charge is 2.47. The molecular weight excluding hydrogens is 506 g/mol. The molecule has 202 valence electrons. The van der Waals surface area contributed by atoms with Gasteiger partial charge in [-0.15, -0.1) is 0 Å². The van der Waals surface area contributed by atoms with Crippen LogP contribution < -0.4 is 26.0 Å². The summed E-state index contributed by atoms with van der Waals surface area (Å²) in [5.74, 6) is 1.19. The van der Waals surface area contributed by atoms with E-state index in [1.165, 1.54) is 6.20 Å². The monoisotopic (exact) mass is 539 g/mol. The minimum absolute atomic E-state index is 0.0838. The number of anilines is 4. The number of carbonyl (C=O) groups is 2. The number of hydrogen-bond donors (Lipinski definition) is 3. The second kappa shape index (κ2) is 10.4. The van der Waals surface area contributed by atoms with Gasteiger partial charge >= 0.3 is 0 Å². The summed E-state index contributed by atoms with van der Waals surface area (Å²) in [6.07, 6.45) is 7.97. The van der Waals surface area contributed by atoms with E-state index in [9.17, 15) is 9.59 Å². The summed E-state index contributed by atoms with van der Waals surface area (Å²) in [6.45, 7) is 2.54. The summed E-state index contributed by atoms with van der Waals surface area (Å²) in [4.78, 5) is 38.2. The minimum atomic E-state index is -0.325. The Morgan fingerprint density at radius 2 is 2.05 bits per heavy atom. The van der Waals surface area contributed by atoms with E-state index in [-0.39, 0.29) is 41.7 Å². The zero-order valence-electron chi connectivity index (χ0n) is 22.1. The van der Waals surface area contributed by atoms with E-state index in [1.807, 2.05) is 43.0 Å². The number of primary amides is 1. The Bertz CT molecular complexity index is 1280. The number of halogens is 1. The molecule has 5 atom stereocenters. The van der Waals surface area contributed by atoms with E-state index in [0.29, 0.717) is 47.6 Å². The highest BCUT2D eigenvalue weighted by Crippen LogP contribution is 2.45. The largest absolute Gasteiger partial charge is 0.494 e. The topological polar surface area (TPSA) is 126 Å². The van der Waals surface area contributed by atoms with E-state index in [1.54, 1.807) is 7.11 Å². The summed E-state index contributed by atoms with van der Waals surface area (Å²) < 4.78 is 5.86. The van der Waals surface area contributed by atoms with Gasteiger partial charge in [0.15, 0.2) is 5.82 Å². The summed E-state index contributed by atoms with van der Waals surface area (Å²) in [5.41, 5.74) is 8.22. The van der Waals surface area contributed by atoms with Crippen molar-refractivity contribution in [3.05, 3.63) is 41.1 Å². The molecule has 38 heavy (non-hydrogen) atoms. The van der Waals surface area contributed by atoms with Crippen LogP contribution in [-0.2, 0) is 16.0 Å². The van der Waals surface area contributed by atoms with E-state index in [4.69, 9.17) is 22.1 Å². The molecule has 2 aromatic rings. The first-order valence-corrected chi connectivity index (χ1v) is 13.3. The quantitative estimate of drug-likeness (QED) is 0.437. The molecule has 1 aromatic heterocycles. The molecule has 2 aliphatic carbocycles. The molecule has 0 radical (unpaired) electrons. The van der Waals surface area contributed by atoms with Crippen LogP contribution in [0, 0.1) is 17.8 Å². The molecule has 2 amide bonds. The number of nitrogens with one attached hydrogen (secondary N) is 2. The molecule has 11 heteroatoms. The van der Waals surface area contributed by atoms with Gasteiger partial charge < -0.3 is 26.0 Å². The van der Waals surface area contributed by atoms with Crippen LogP contribution in [0.4, 0.5) is 23.1 Å². The highest BCUT2D eigenvalue weighted by atomic mass is 35.5.